The van der Waals surface area contributed by atoms with E-state index in [0.29, 0.717) is 11.3 Å². The van der Waals surface area contributed by atoms with Crippen molar-refractivity contribution in [2.24, 2.45) is 0 Å². The van der Waals surface area contributed by atoms with Crippen LogP contribution in [0.1, 0.15) is 16.1 Å². The summed E-state index contributed by atoms with van der Waals surface area (Å²) in [6.45, 7) is -0.419. The van der Waals surface area contributed by atoms with E-state index in [0.717, 1.165) is 10.8 Å². The number of rotatable bonds is 5. The molecule has 3 rings (SSSR count). The number of imide groups is 1. The summed E-state index contributed by atoms with van der Waals surface area (Å²) in [5.74, 6) is -0.807. The molecule has 0 bridgehead atoms. The van der Waals surface area contributed by atoms with E-state index in [-0.39, 0.29) is 6.54 Å². The summed E-state index contributed by atoms with van der Waals surface area (Å²) in [6, 6.07) is 15.3. The van der Waals surface area contributed by atoms with Gasteiger partial charge in [-0.2, -0.15) is 0 Å². The second-order valence-electron chi connectivity index (χ2n) is 5.41. The third-order valence-corrected chi connectivity index (χ3v) is 3.60. The van der Waals surface area contributed by atoms with Crippen LogP contribution in [-0.4, -0.2) is 24.5 Å². The topological polar surface area (TPSA) is 97.6 Å². The zero-order valence-electron chi connectivity index (χ0n) is 13.7. The molecule has 0 aliphatic rings. The van der Waals surface area contributed by atoms with Crippen LogP contribution in [0.25, 0.3) is 10.8 Å². The van der Waals surface area contributed by atoms with E-state index >= 15 is 0 Å². The molecule has 0 saturated heterocycles. The summed E-state index contributed by atoms with van der Waals surface area (Å²) in [7, 11) is 0. The number of carbonyl (C=O) groups excluding carboxylic acids is 3. The van der Waals surface area contributed by atoms with Gasteiger partial charge >= 0.3 is 12.0 Å². The van der Waals surface area contributed by atoms with E-state index in [1.807, 2.05) is 24.3 Å². The fourth-order valence-electron chi connectivity index (χ4n) is 2.40. The van der Waals surface area contributed by atoms with Gasteiger partial charge in [0.1, 0.15) is 5.76 Å². The molecule has 26 heavy (non-hydrogen) atoms. The Bertz CT molecular complexity index is 929. The van der Waals surface area contributed by atoms with Crippen LogP contribution in [0, 0.1) is 0 Å². The molecule has 1 heterocycles. The van der Waals surface area contributed by atoms with Crippen molar-refractivity contribution in [3.8, 4) is 0 Å². The molecular weight excluding hydrogens is 336 g/mol. The van der Waals surface area contributed by atoms with Gasteiger partial charge in [0.15, 0.2) is 6.61 Å². The fraction of sp³-hybridized carbons (Fsp3) is 0.105. The second kappa shape index (κ2) is 7.98. The number of carbonyl (C=O) groups is 3. The van der Waals surface area contributed by atoms with Crippen molar-refractivity contribution in [1.82, 2.24) is 10.6 Å². The smallest absolute Gasteiger partial charge is 0.339 e. The van der Waals surface area contributed by atoms with Gasteiger partial charge in [0.05, 0.1) is 18.4 Å². The maximum Gasteiger partial charge on any atom is 0.339 e. The van der Waals surface area contributed by atoms with E-state index in [9.17, 15) is 14.4 Å². The highest BCUT2D eigenvalue weighted by atomic mass is 16.5. The SMILES string of the molecule is O=C(COC(=O)c1cccc2ccccc12)NC(=O)NCc1ccco1. The highest BCUT2D eigenvalue weighted by Gasteiger charge is 2.14. The van der Waals surface area contributed by atoms with Crippen molar-refractivity contribution in [3.05, 3.63) is 72.2 Å². The molecule has 0 aliphatic carbocycles. The standard InChI is InChI=1S/C19H16N2O5/c22-17(21-19(24)20-11-14-7-4-10-25-14)12-26-18(23)16-9-3-6-13-5-1-2-8-15(13)16/h1-10H,11-12H2,(H2,20,21,22,24). The molecule has 3 aromatic rings. The lowest BCUT2D eigenvalue weighted by atomic mass is 10.1. The van der Waals surface area contributed by atoms with Crippen LogP contribution >= 0.6 is 0 Å². The summed E-state index contributed by atoms with van der Waals surface area (Å²) in [5.41, 5.74) is 0.359. The predicted molar refractivity (Wildman–Crippen MR) is 93.3 cm³/mol. The molecule has 7 heteroatoms. The van der Waals surface area contributed by atoms with Crippen LogP contribution in [0.2, 0.25) is 0 Å². The summed E-state index contributed by atoms with van der Waals surface area (Å²) in [5, 5.41) is 6.16. The minimum atomic E-state index is -0.726. The normalized spacial score (nSPS) is 10.3. The van der Waals surface area contributed by atoms with Crippen LogP contribution in [-0.2, 0) is 16.1 Å². The van der Waals surface area contributed by atoms with Crippen LogP contribution in [0.4, 0.5) is 4.79 Å². The van der Waals surface area contributed by atoms with Gasteiger partial charge in [0, 0.05) is 0 Å². The van der Waals surface area contributed by atoms with Crippen LogP contribution in [0.3, 0.4) is 0 Å². The Kier molecular flexibility index (Phi) is 5.28. The summed E-state index contributed by atoms with van der Waals surface area (Å²) >= 11 is 0. The molecule has 0 spiro atoms. The van der Waals surface area contributed by atoms with Crippen LogP contribution < -0.4 is 10.6 Å². The van der Waals surface area contributed by atoms with Crippen molar-refractivity contribution in [2.75, 3.05) is 6.61 Å². The molecule has 0 saturated carbocycles. The number of esters is 1. The molecule has 132 valence electrons. The lowest BCUT2D eigenvalue weighted by Gasteiger charge is -2.08. The van der Waals surface area contributed by atoms with Gasteiger partial charge in [-0.05, 0) is 29.0 Å². The Balaban J connectivity index is 1.50. The molecule has 0 aliphatic heterocycles. The first-order chi connectivity index (χ1) is 12.6. The van der Waals surface area contributed by atoms with Gasteiger partial charge in [-0.15, -0.1) is 0 Å². The first-order valence-electron chi connectivity index (χ1n) is 7.88. The Hall–Kier alpha value is -3.61. The zero-order chi connectivity index (χ0) is 18.4. The molecule has 3 amide bonds. The molecular formula is C19H16N2O5. The number of benzene rings is 2. The first kappa shape index (κ1) is 17.2. The molecule has 0 radical (unpaired) electrons. The van der Waals surface area contributed by atoms with Crippen molar-refractivity contribution in [2.45, 2.75) is 6.54 Å². The average Bonchev–Trinajstić information content (AvgIpc) is 3.17. The minimum absolute atomic E-state index is 0.141. The lowest BCUT2D eigenvalue weighted by molar-refractivity contribution is -0.123. The fourth-order valence-corrected chi connectivity index (χ4v) is 2.40. The van der Waals surface area contributed by atoms with Gasteiger partial charge in [0.2, 0.25) is 0 Å². The predicted octanol–water partition coefficient (Wildman–Crippen LogP) is 2.62. The number of nitrogens with one attached hydrogen (secondary N) is 2. The second-order valence-corrected chi connectivity index (χ2v) is 5.41. The Morgan fingerprint density at radius 2 is 1.77 bits per heavy atom. The average molecular weight is 352 g/mol. The van der Waals surface area contributed by atoms with Crippen molar-refractivity contribution in [1.29, 1.82) is 0 Å². The summed E-state index contributed by atoms with van der Waals surface area (Å²) in [6.07, 6.45) is 1.48. The highest BCUT2D eigenvalue weighted by Crippen LogP contribution is 2.19. The number of ether oxygens (including phenoxy) is 1. The number of amides is 3. The van der Waals surface area contributed by atoms with Gasteiger partial charge < -0.3 is 14.5 Å². The number of urea groups is 1. The molecule has 0 atom stereocenters. The molecule has 2 aromatic carbocycles. The number of furan rings is 1. The monoisotopic (exact) mass is 352 g/mol. The highest BCUT2D eigenvalue weighted by molar-refractivity contribution is 6.05. The number of hydrogen-bond acceptors (Lipinski definition) is 5. The van der Waals surface area contributed by atoms with Crippen LogP contribution in [0.15, 0.2) is 65.3 Å². The van der Waals surface area contributed by atoms with E-state index in [2.05, 4.69) is 10.6 Å². The minimum Gasteiger partial charge on any atom is -0.467 e. The Morgan fingerprint density at radius 3 is 2.58 bits per heavy atom. The zero-order valence-corrected chi connectivity index (χ0v) is 13.7. The third kappa shape index (κ3) is 4.27. The van der Waals surface area contributed by atoms with Crippen molar-refractivity contribution >= 4 is 28.7 Å². The van der Waals surface area contributed by atoms with Crippen LogP contribution in [0.5, 0.6) is 0 Å². The molecule has 0 fully saturated rings. The van der Waals surface area contributed by atoms with Crippen molar-refractivity contribution < 1.29 is 23.5 Å². The molecule has 0 unspecified atom stereocenters. The molecule has 2 N–H and O–H groups in total. The number of fused-ring (bicyclic) bond motifs is 1. The van der Waals surface area contributed by atoms with E-state index in [1.54, 1.807) is 30.3 Å². The van der Waals surface area contributed by atoms with Crippen molar-refractivity contribution in [3.63, 3.8) is 0 Å². The van der Waals surface area contributed by atoms with E-state index < -0.39 is 24.5 Å². The maximum atomic E-state index is 12.2. The molecule has 7 nitrogen and oxygen atoms in total. The van der Waals surface area contributed by atoms with E-state index in [4.69, 9.17) is 9.15 Å². The summed E-state index contributed by atoms with van der Waals surface area (Å²) in [4.78, 5) is 35.6. The van der Waals surface area contributed by atoms with Gasteiger partial charge in [0.25, 0.3) is 5.91 Å². The first-order valence-corrected chi connectivity index (χ1v) is 7.88. The van der Waals surface area contributed by atoms with Gasteiger partial charge in [-0.25, -0.2) is 9.59 Å². The van der Waals surface area contributed by atoms with E-state index in [1.165, 1.54) is 6.26 Å². The quantitative estimate of drug-likeness (QED) is 0.688. The third-order valence-electron chi connectivity index (χ3n) is 3.60. The Morgan fingerprint density at radius 1 is 0.962 bits per heavy atom. The largest absolute Gasteiger partial charge is 0.467 e. The van der Waals surface area contributed by atoms with Gasteiger partial charge in [-0.1, -0.05) is 36.4 Å². The Labute approximate surface area is 148 Å². The maximum absolute atomic E-state index is 12.2. The lowest BCUT2D eigenvalue weighted by Crippen LogP contribution is -2.41. The molecule has 1 aromatic heterocycles. The summed E-state index contributed by atoms with van der Waals surface area (Å²) < 4.78 is 10.1. The van der Waals surface area contributed by atoms with Gasteiger partial charge in [-0.3, -0.25) is 10.1 Å². The number of hydrogen-bond donors (Lipinski definition) is 2.